The highest BCUT2D eigenvalue weighted by Gasteiger charge is 2.25. The molecular weight excluding hydrogens is 380 g/mol. The minimum absolute atomic E-state index is 0.0391. The van der Waals surface area contributed by atoms with Crippen LogP contribution in [0.2, 0.25) is 0 Å². The van der Waals surface area contributed by atoms with Crippen molar-refractivity contribution >= 4 is 39.7 Å². The molecule has 0 spiro atoms. The largest absolute Gasteiger partial charge is 0.348 e. The van der Waals surface area contributed by atoms with Crippen LogP contribution in [0.3, 0.4) is 0 Å². The number of aromatic nitrogens is 4. The van der Waals surface area contributed by atoms with E-state index in [0.717, 1.165) is 38.4 Å². The van der Waals surface area contributed by atoms with Crippen LogP contribution >= 0.6 is 23.1 Å². The summed E-state index contributed by atoms with van der Waals surface area (Å²) in [5.41, 5.74) is 7.22. The van der Waals surface area contributed by atoms with Crippen LogP contribution in [0.1, 0.15) is 43.3 Å². The topological polar surface area (TPSA) is 99.8 Å². The Balaban J connectivity index is 1.67. The number of benzene rings is 1. The predicted molar refractivity (Wildman–Crippen MR) is 109 cm³/mol. The van der Waals surface area contributed by atoms with Crippen LogP contribution in [-0.2, 0) is 4.79 Å². The molecule has 2 aromatic heterocycles. The Labute approximate surface area is 166 Å². The second-order valence-corrected chi connectivity index (χ2v) is 8.89. The van der Waals surface area contributed by atoms with E-state index < -0.39 is 0 Å². The van der Waals surface area contributed by atoms with E-state index in [1.165, 1.54) is 23.1 Å². The number of fused-ring (bicyclic) bond motifs is 1. The lowest BCUT2D eigenvalue weighted by molar-refractivity contribution is -0.441. The molecule has 1 aromatic carbocycles. The summed E-state index contributed by atoms with van der Waals surface area (Å²) in [5.74, 6) is 1.44. The van der Waals surface area contributed by atoms with E-state index in [9.17, 15) is 4.79 Å². The van der Waals surface area contributed by atoms with Crippen molar-refractivity contribution in [2.24, 2.45) is 5.92 Å². The molecule has 27 heavy (non-hydrogen) atoms. The smallest absolute Gasteiger partial charge is 0.235 e. The van der Waals surface area contributed by atoms with Gasteiger partial charge in [-0.05, 0) is 31.4 Å². The van der Waals surface area contributed by atoms with Crippen molar-refractivity contribution in [3.05, 3.63) is 35.2 Å². The van der Waals surface area contributed by atoms with Gasteiger partial charge < -0.3 is 11.1 Å². The van der Waals surface area contributed by atoms with E-state index in [4.69, 9.17) is 0 Å². The third kappa shape index (κ3) is 4.31. The second kappa shape index (κ2) is 8.37. The Hall–Kier alpha value is -1.97. The fraction of sp³-hybridized carbons (Fsp3) is 0.444. The van der Waals surface area contributed by atoms with Crippen LogP contribution in [0.4, 0.5) is 5.69 Å². The standard InChI is InChI=1S/C18H24N6OS2/c1-5-10(2)14(19)16-21-22-17-24(16)23-18(27-17)26-9-13(25)20-15-11(3)7-6-8-12(15)4/h6-8,10,14H,5,9,19H2,1-4H3,(H,20,25)/p+1/t10-,14-/m0/s1. The summed E-state index contributed by atoms with van der Waals surface area (Å²) in [6.07, 6.45) is 1.02. The van der Waals surface area contributed by atoms with Gasteiger partial charge in [0.1, 0.15) is 6.04 Å². The number of para-hydroxylation sites is 1. The van der Waals surface area contributed by atoms with Gasteiger partial charge in [-0.15, -0.1) is 15.3 Å². The van der Waals surface area contributed by atoms with Crippen LogP contribution < -0.4 is 11.1 Å². The van der Waals surface area contributed by atoms with Crippen molar-refractivity contribution in [3.63, 3.8) is 0 Å². The average Bonchev–Trinajstić information content (AvgIpc) is 3.22. The maximum atomic E-state index is 12.3. The van der Waals surface area contributed by atoms with E-state index in [1.54, 1.807) is 4.52 Å². The Morgan fingerprint density at radius 2 is 2.04 bits per heavy atom. The summed E-state index contributed by atoms with van der Waals surface area (Å²) in [6, 6.07) is 6.01. The molecule has 0 saturated carbocycles. The molecule has 1 amide bonds. The lowest BCUT2D eigenvalue weighted by Crippen LogP contribution is -2.57. The molecule has 0 radical (unpaired) electrons. The van der Waals surface area contributed by atoms with Gasteiger partial charge in [-0.25, -0.2) is 0 Å². The summed E-state index contributed by atoms with van der Waals surface area (Å²) in [7, 11) is 0. The number of rotatable bonds is 7. The summed E-state index contributed by atoms with van der Waals surface area (Å²) < 4.78 is 2.56. The number of hydrogen-bond acceptors (Lipinski definition) is 6. The number of thioether (sulfide) groups is 1. The summed E-state index contributed by atoms with van der Waals surface area (Å²) in [4.78, 5) is 13.1. The SMILES string of the molecule is CC[C@H](C)[C@H]([NH3+])c1nnc2sc(SCC(=O)Nc3c(C)cccc3C)nn12. The monoisotopic (exact) mass is 405 g/mol. The number of amides is 1. The highest BCUT2D eigenvalue weighted by Crippen LogP contribution is 2.27. The van der Waals surface area contributed by atoms with Crippen LogP contribution in [0.15, 0.2) is 22.5 Å². The summed E-state index contributed by atoms with van der Waals surface area (Å²) >= 11 is 2.85. The summed E-state index contributed by atoms with van der Waals surface area (Å²) in [5, 5.41) is 16.0. The van der Waals surface area contributed by atoms with Crippen molar-refractivity contribution in [1.29, 1.82) is 0 Å². The molecule has 9 heteroatoms. The molecule has 0 aliphatic heterocycles. The van der Waals surface area contributed by atoms with Crippen LogP contribution in [0, 0.1) is 19.8 Å². The minimum atomic E-state index is -0.0433. The van der Waals surface area contributed by atoms with Crippen LogP contribution in [-0.4, -0.2) is 31.5 Å². The average molecular weight is 406 g/mol. The number of nitrogens with one attached hydrogen (secondary N) is 1. The molecule has 4 N–H and O–H groups in total. The van der Waals surface area contributed by atoms with Crippen molar-refractivity contribution in [3.8, 4) is 0 Å². The molecular formula is C18H25N6OS2+. The maximum absolute atomic E-state index is 12.3. The number of carbonyl (C=O) groups excluding carboxylic acids is 1. The minimum Gasteiger partial charge on any atom is -0.348 e. The highest BCUT2D eigenvalue weighted by atomic mass is 32.2. The first-order chi connectivity index (χ1) is 12.9. The molecule has 3 rings (SSSR count). The van der Waals surface area contributed by atoms with Gasteiger partial charge in [0.2, 0.25) is 16.7 Å². The number of anilines is 1. The lowest BCUT2D eigenvalue weighted by Gasteiger charge is -2.11. The zero-order valence-electron chi connectivity index (χ0n) is 16.0. The van der Waals surface area contributed by atoms with E-state index in [2.05, 4.69) is 40.2 Å². The predicted octanol–water partition coefficient (Wildman–Crippen LogP) is 2.86. The Morgan fingerprint density at radius 3 is 2.70 bits per heavy atom. The molecule has 2 heterocycles. The molecule has 0 aliphatic carbocycles. The molecule has 0 saturated heterocycles. The molecule has 7 nitrogen and oxygen atoms in total. The first-order valence-corrected chi connectivity index (χ1v) is 10.7. The first kappa shape index (κ1) is 19.8. The third-order valence-electron chi connectivity index (χ3n) is 4.73. The molecule has 0 unspecified atom stereocenters. The molecule has 3 aromatic rings. The lowest BCUT2D eigenvalue weighted by atomic mass is 10.00. The summed E-state index contributed by atoms with van der Waals surface area (Å²) in [6.45, 7) is 8.27. The van der Waals surface area contributed by atoms with Gasteiger partial charge in [0, 0.05) is 11.6 Å². The van der Waals surface area contributed by atoms with Crippen molar-refractivity contribution in [1.82, 2.24) is 19.8 Å². The van der Waals surface area contributed by atoms with Gasteiger partial charge in [-0.2, -0.15) is 4.52 Å². The van der Waals surface area contributed by atoms with Crippen molar-refractivity contribution in [2.75, 3.05) is 11.1 Å². The van der Waals surface area contributed by atoms with Gasteiger partial charge >= 0.3 is 0 Å². The number of nitrogens with zero attached hydrogens (tertiary/aromatic N) is 4. The quantitative estimate of drug-likeness (QED) is 0.589. The van der Waals surface area contributed by atoms with E-state index in [1.807, 2.05) is 32.0 Å². The number of hydrogen-bond donors (Lipinski definition) is 2. The van der Waals surface area contributed by atoms with Crippen LogP contribution in [0.5, 0.6) is 0 Å². The zero-order valence-corrected chi connectivity index (χ0v) is 17.7. The second-order valence-electron chi connectivity index (χ2n) is 6.72. The highest BCUT2D eigenvalue weighted by molar-refractivity contribution is 8.01. The molecule has 0 aliphatic rings. The molecule has 144 valence electrons. The molecule has 0 fully saturated rings. The zero-order chi connectivity index (χ0) is 19.6. The van der Waals surface area contributed by atoms with Crippen molar-refractivity contribution < 1.29 is 10.5 Å². The van der Waals surface area contributed by atoms with E-state index in [-0.39, 0.29) is 11.9 Å². The molecule has 2 atom stereocenters. The Morgan fingerprint density at radius 1 is 1.33 bits per heavy atom. The van der Waals surface area contributed by atoms with Crippen molar-refractivity contribution in [2.45, 2.75) is 44.5 Å². The van der Waals surface area contributed by atoms with Gasteiger partial charge in [0.15, 0.2) is 4.34 Å². The Kier molecular flexibility index (Phi) is 6.13. The Bertz CT molecular complexity index is 930. The van der Waals surface area contributed by atoms with Gasteiger partial charge in [0.25, 0.3) is 0 Å². The van der Waals surface area contributed by atoms with Gasteiger partial charge in [-0.1, -0.05) is 55.1 Å². The number of quaternary nitrogens is 1. The van der Waals surface area contributed by atoms with Gasteiger partial charge in [0.05, 0.1) is 5.75 Å². The third-order valence-corrected chi connectivity index (χ3v) is 6.76. The molecule has 0 bridgehead atoms. The van der Waals surface area contributed by atoms with Crippen LogP contribution in [0.25, 0.3) is 4.96 Å². The van der Waals surface area contributed by atoms with Gasteiger partial charge in [-0.3, -0.25) is 4.79 Å². The normalized spacial score (nSPS) is 13.7. The van der Waals surface area contributed by atoms with E-state index >= 15 is 0 Å². The maximum Gasteiger partial charge on any atom is 0.235 e. The van der Waals surface area contributed by atoms with E-state index in [0.29, 0.717) is 11.7 Å². The number of carbonyl (C=O) groups is 1. The first-order valence-electron chi connectivity index (χ1n) is 8.94. The number of aryl methyl sites for hydroxylation is 2. The fourth-order valence-corrected chi connectivity index (χ4v) is 4.44. The fourth-order valence-electron chi connectivity index (χ4n) is 2.76.